The van der Waals surface area contributed by atoms with Gasteiger partial charge >= 0.3 is 0 Å². The van der Waals surface area contributed by atoms with E-state index in [1.807, 2.05) is 13.8 Å². The van der Waals surface area contributed by atoms with Gasteiger partial charge in [-0.2, -0.15) is 0 Å². The van der Waals surface area contributed by atoms with Crippen LogP contribution >= 0.6 is 15.9 Å². The van der Waals surface area contributed by atoms with Crippen molar-refractivity contribution in [2.45, 2.75) is 20.8 Å². The Kier molecular flexibility index (Phi) is 2.71. The smallest absolute Gasteiger partial charge is 0.169 e. The first kappa shape index (κ1) is 11.1. The van der Waals surface area contributed by atoms with E-state index in [4.69, 9.17) is 5.73 Å². The minimum Gasteiger partial charge on any atom is -0.381 e. The van der Waals surface area contributed by atoms with Crippen LogP contribution in [0.25, 0.3) is 5.69 Å². The zero-order valence-electron chi connectivity index (χ0n) is 9.45. The van der Waals surface area contributed by atoms with Crippen LogP contribution in [0.2, 0.25) is 0 Å². The zero-order chi connectivity index (χ0) is 11.9. The van der Waals surface area contributed by atoms with Crippen LogP contribution in [0.1, 0.15) is 16.8 Å². The highest BCUT2D eigenvalue weighted by atomic mass is 79.9. The van der Waals surface area contributed by atoms with Gasteiger partial charge in [0.15, 0.2) is 5.82 Å². The number of hydrogen-bond acceptors (Lipinski definition) is 3. The van der Waals surface area contributed by atoms with Crippen LogP contribution in [0.4, 0.5) is 5.82 Å². The molecule has 1 aromatic carbocycles. The summed E-state index contributed by atoms with van der Waals surface area (Å²) >= 11 is 3.55. The van der Waals surface area contributed by atoms with E-state index < -0.39 is 0 Å². The van der Waals surface area contributed by atoms with E-state index in [2.05, 4.69) is 45.3 Å². The Morgan fingerprint density at radius 3 is 2.44 bits per heavy atom. The number of anilines is 1. The van der Waals surface area contributed by atoms with Gasteiger partial charge in [0.2, 0.25) is 0 Å². The molecule has 0 aliphatic heterocycles. The maximum absolute atomic E-state index is 5.70. The fourth-order valence-electron chi connectivity index (χ4n) is 1.73. The van der Waals surface area contributed by atoms with Crippen molar-refractivity contribution in [1.82, 2.24) is 15.0 Å². The van der Waals surface area contributed by atoms with Crippen LogP contribution in [0.5, 0.6) is 0 Å². The molecule has 4 nitrogen and oxygen atoms in total. The molecular formula is C11H13BrN4. The van der Waals surface area contributed by atoms with Gasteiger partial charge in [-0.15, -0.1) is 5.10 Å². The first-order valence-corrected chi connectivity index (χ1v) is 5.75. The molecule has 0 saturated carbocycles. The molecule has 0 atom stereocenters. The van der Waals surface area contributed by atoms with Crippen LogP contribution in [-0.4, -0.2) is 15.0 Å². The van der Waals surface area contributed by atoms with E-state index in [9.17, 15) is 0 Å². The van der Waals surface area contributed by atoms with Crippen molar-refractivity contribution < 1.29 is 0 Å². The van der Waals surface area contributed by atoms with E-state index in [1.165, 1.54) is 5.56 Å². The Hall–Kier alpha value is -1.36. The summed E-state index contributed by atoms with van der Waals surface area (Å²) in [5.74, 6) is 0.465. The predicted molar refractivity (Wildman–Crippen MR) is 67.7 cm³/mol. The normalized spacial score (nSPS) is 10.8. The third-order valence-corrected chi connectivity index (χ3v) is 3.14. The summed E-state index contributed by atoms with van der Waals surface area (Å²) in [5.41, 5.74) is 9.89. The first-order valence-electron chi connectivity index (χ1n) is 4.95. The van der Waals surface area contributed by atoms with E-state index in [0.717, 1.165) is 21.4 Å². The van der Waals surface area contributed by atoms with E-state index in [0.29, 0.717) is 5.82 Å². The van der Waals surface area contributed by atoms with Crippen molar-refractivity contribution in [2.24, 2.45) is 0 Å². The molecule has 0 bridgehead atoms. The predicted octanol–water partition coefficient (Wildman–Crippen LogP) is 2.54. The second-order valence-corrected chi connectivity index (χ2v) is 4.74. The minimum absolute atomic E-state index is 0.465. The molecule has 0 spiro atoms. The molecule has 0 unspecified atom stereocenters. The van der Waals surface area contributed by atoms with Crippen molar-refractivity contribution in [3.05, 3.63) is 33.4 Å². The number of nitrogens with zero attached hydrogens (tertiary/aromatic N) is 3. The molecule has 0 aliphatic carbocycles. The lowest BCUT2D eigenvalue weighted by Crippen LogP contribution is -2.03. The summed E-state index contributed by atoms with van der Waals surface area (Å²) in [4.78, 5) is 0. The molecule has 5 heteroatoms. The van der Waals surface area contributed by atoms with E-state index in [-0.39, 0.29) is 0 Å². The highest BCUT2D eigenvalue weighted by molar-refractivity contribution is 9.10. The van der Waals surface area contributed by atoms with Crippen molar-refractivity contribution in [1.29, 1.82) is 0 Å². The summed E-state index contributed by atoms with van der Waals surface area (Å²) < 4.78 is 2.76. The summed E-state index contributed by atoms with van der Waals surface area (Å²) in [5, 5.41) is 7.92. The molecule has 0 saturated heterocycles. The number of hydrogen-bond donors (Lipinski definition) is 1. The van der Waals surface area contributed by atoms with Crippen LogP contribution in [0.15, 0.2) is 16.6 Å². The molecule has 84 valence electrons. The van der Waals surface area contributed by atoms with Gasteiger partial charge in [0.05, 0.1) is 11.4 Å². The lowest BCUT2D eigenvalue weighted by molar-refractivity contribution is 0.777. The van der Waals surface area contributed by atoms with Gasteiger partial charge in [-0.05, 0) is 53.9 Å². The summed E-state index contributed by atoms with van der Waals surface area (Å²) in [6, 6.07) is 4.16. The third kappa shape index (κ3) is 1.71. The maximum Gasteiger partial charge on any atom is 0.169 e. The lowest BCUT2D eigenvalue weighted by Gasteiger charge is -2.10. The second kappa shape index (κ2) is 3.90. The summed E-state index contributed by atoms with van der Waals surface area (Å²) in [6.45, 7) is 6.01. The standard InChI is InChI=1S/C11H13BrN4/c1-6-4-7(2)10(9(12)5-6)16-8(3)11(13)14-15-16/h4-5H,13H2,1-3H3. The van der Waals surface area contributed by atoms with Gasteiger partial charge in [-0.1, -0.05) is 11.3 Å². The zero-order valence-corrected chi connectivity index (χ0v) is 11.0. The molecule has 2 N–H and O–H groups in total. The van der Waals surface area contributed by atoms with Gasteiger partial charge in [-0.3, -0.25) is 0 Å². The quantitative estimate of drug-likeness (QED) is 0.873. The molecule has 2 aromatic rings. The number of nitrogens with two attached hydrogens (primary N) is 1. The molecule has 1 heterocycles. The fourth-order valence-corrected chi connectivity index (χ4v) is 2.57. The molecule has 0 amide bonds. The molecular weight excluding hydrogens is 268 g/mol. The number of nitrogen functional groups attached to an aromatic ring is 1. The number of halogens is 1. The topological polar surface area (TPSA) is 56.7 Å². The molecule has 0 aliphatic rings. The van der Waals surface area contributed by atoms with Crippen LogP contribution in [0, 0.1) is 20.8 Å². The highest BCUT2D eigenvalue weighted by Gasteiger charge is 2.12. The Bertz CT molecular complexity index is 522. The molecule has 0 fully saturated rings. The van der Waals surface area contributed by atoms with Gasteiger partial charge in [0.1, 0.15) is 0 Å². The van der Waals surface area contributed by atoms with Gasteiger partial charge in [0, 0.05) is 4.47 Å². The monoisotopic (exact) mass is 280 g/mol. The van der Waals surface area contributed by atoms with E-state index in [1.54, 1.807) is 4.68 Å². The molecule has 2 rings (SSSR count). The number of aromatic nitrogens is 3. The Morgan fingerprint density at radius 2 is 1.94 bits per heavy atom. The SMILES string of the molecule is Cc1cc(C)c(-n2nnc(N)c2C)c(Br)c1. The minimum atomic E-state index is 0.465. The molecule has 16 heavy (non-hydrogen) atoms. The average molecular weight is 281 g/mol. The number of benzene rings is 1. The van der Waals surface area contributed by atoms with Crippen molar-refractivity contribution in [2.75, 3.05) is 5.73 Å². The summed E-state index contributed by atoms with van der Waals surface area (Å²) in [7, 11) is 0. The largest absolute Gasteiger partial charge is 0.381 e. The fraction of sp³-hybridized carbons (Fsp3) is 0.273. The average Bonchev–Trinajstić information content (AvgIpc) is 2.48. The van der Waals surface area contributed by atoms with Crippen molar-refractivity contribution >= 4 is 21.7 Å². The Labute approximate surface area is 103 Å². The van der Waals surface area contributed by atoms with Crippen LogP contribution < -0.4 is 5.73 Å². The number of aryl methyl sites for hydroxylation is 2. The summed E-state index contributed by atoms with van der Waals surface area (Å²) in [6.07, 6.45) is 0. The first-order chi connectivity index (χ1) is 7.50. The second-order valence-electron chi connectivity index (χ2n) is 3.88. The van der Waals surface area contributed by atoms with Crippen LogP contribution in [0.3, 0.4) is 0 Å². The van der Waals surface area contributed by atoms with Crippen molar-refractivity contribution in [3.8, 4) is 5.69 Å². The third-order valence-electron chi connectivity index (χ3n) is 2.54. The Morgan fingerprint density at radius 1 is 1.25 bits per heavy atom. The van der Waals surface area contributed by atoms with Gasteiger partial charge in [-0.25, -0.2) is 4.68 Å². The van der Waals surface area contributed by atoms with E-state index >= 15 is 0 Å². The van der Waals surface area contributed by atoms with Crippen molar-refractivity contribution in [3.63, 3.8) is 0 Å². The van der Waals surface area contributed by atoms with Gasteiger partial charge < -0.3 is 5.73 Å². The molecule has 0 radical (unpaired) electrons. The van der Waals surface area contributed by atoms with Gasteiger partial charge in [0.25, 0.3) is 0 Å². The maximum atomic E-state index is 5.70. The lowest BCUT2D eigenvalue weighted by atomic mass is 10.1. The van der Waals surface area contributed by atoms with Crippen LogP contribution in [-0.2, 0) is 0 Å². The Balaban J connectivity index is 2.69. The molecule has 1 aromatic heterocycles. The highest BCUT2D eigenvalue weighted by Crippen LogP contribution is 2.27. The number of rotatable bonds is 1.